The van der Waals surface area contributed by atoms with Gasteiger partial charge in [0.05, 0.1) is 47.7 Å². The van der Waals surface area contributed by atoms with Crippen LogP contribution in [0.1, 0.15) is 23.0 Å². The molecule has 0 fully saturated rings. The molecular formula is C15H16N6O2. The monoisotopic (exact) mass is 312 g/mol. The van der Waals surface area contributed by atoms with E-state index in [2.05, 4.69) is 20.4 Å². The summed E-state index contributed by atoms with van der Waals surface area (Å²) in [6.07, 6.45) is 4.59. The summed E-state index contributed by atoms with van der Waals surface area (Å²) in [6, 6.07) is 3.62. The second-order valence-electron chi connectivity index (χ2n) is 4.92. The smallest absolute Gasteiger partial charge is 0.259 e. The first-order valence-corrected chi connectivity index (χ1v) is 7.08. The lowest BCUT2D eigenvalue weighted by Gasteiger charge is -2.11. The lowest BCUT2D eigenvalue weighted by atomic mass is 10.2. The number of nitrogens with zero attached hydrogens (tertiary/aromatic N) is 4. The van der Waals surface area contributed by atoms with Gasteiger partial charge < -0.3 is 15.8 Å². The lowest BCUT2D eigenvalue weighted by molar-refractivity contribution is 0.102. The quantitative estimate of drug-likeness (QED) is 0.758. The summed E-state index contributed by atoms with van der Waals surface area (Å²) < 4.78 is 7.24. The van der Waals surface area contributed by atoms with Gasteiger partial charge in [-0.15, -0.1) is 0 Å². The summed E-state index contributed by atoms with van der Waals surface area (Å²) in [5.74, 6) is 0.286. The first-order chi connectivity index (χ1) is 11.1. The standard InChI is InChI=1S/C15H16N6O2/c1-3-23-13-8-21-11(4-9(2)20-21)5-12(13)14(22)19-10-6-17-15(16)18-7-10/h4-8H,3H2,1-2H3,(H,19,22)(H2,16,17,18). The van der Waals surface area contributed by atoms with Crippen LogP contribution in [0.4, 0.5) is 11.6 Å². The fourth-order valence-corrected chi connectivity index (χ4v) is 2.20. The number of aryl methyl sites for hydroxylation is 1. The number of nitrogens with one attached hydrogen (secondary N) is 1. The van der Waals surface area contributed by atoms with E-state index in [-0.39, 0.29) is 11.9 Å². The molecular weight excluding hydrogens is 296 g/mol. The lowest BCUT2D eigenvalue weighted by Crippen LogP contribution is -2.15. The maximum absolute atomic E-state index is 12.5. The van der Waals surface area contributed by atoms with E-state index < -0.39 is 0 Å². The summed E-state index contributed by atoms with van der Waals surface area (Å²) in [7, 11) is 0. The number of nitrogen functional groups attached to an aromatic ring is 1. The third-order valence-corrected chi connectivity index (χ3v) is 3.16. The van der Waals surface area contributed by atoms with Crippen molar-refractivity contribution in [2.45, 2.75) is 13.8 Å². The van der Waals surface area contributed by atoms with Crippen LogP contribution in [-0.4, -0.2) is 32.1 Å². The first-order valence-electron chi connectivity index (χ1n) is 7.08. The number of nitrogens with two attached hydrogens (primary N) is 1. The Morgan fingerprint density at radius 1 is 1.35 bits per heavy atom. The second-order valence-corrected chi connectivity index (χ2v) is 4.92. The van der Waals surface area contributed by atoms with Gasteiger partial charge in [0.1, 0.15) is 5.75 Å². The highest BCUT2D eigenvalue weighted by Crippen LogP contribution is 2.22. The van der Waals surface area contributed by atoms with Crippen molar-refractivity contribution in [3.63, 3.8) is 0 Å². The SMILES string of the molecule is CCOc1cn2nc(C)cc2cc1C(=O)Nc1cnc(N)nc1. The van der Waals surface area contributed by atoms with Gasteiger partial charge >= 0.3 is 0 Å². The van der Waals surface area contributed by atoms with E-state index in [0.29, 0.717) is 23.6 Å². The fourth-order valence-electron chi connectivity index (χ4n) is 2.20. The summed E-state index contributed by atoms with van der Waals surface area (Å²) in [4.78, 5) is 20.2. The molecule has 0 aromatic carbocycles. The van der Waals surface area contributed by atoms with Crippen molar-refractivity contribution in [2.75, 3.05) is 17.7 Å². The fraction of sp³-hybridized carbons (Fsp3) is 0.200. The molecule has 3 heterocycles. The number of ether oxygens (including phenoxy) is 1. The Hall–Kier alpha value is -3.16. The third-order valence-electron chi connectivity index (χ3n) is 3.16. The molecule has 3 rings (SSSR count). The minimum atomic E-state index is -0.317. The molecule has 3 N–H and O–H groups in total. The maximum atomic E-state index is 12.5. The number of pyridine rings is 1. The van der Waals surface area contributed by atoms with E-state index in [1.54, 1.807) is 16.8 Å². The number of rotatable bonds is 4. The summed E-state index contributed by atoms with van der Waals surface area (Å²) >= 11 is 0. The summed E-state index contributed by atoms with van der Waals surface area (Å²) in [5, 5.41) is 7.05. The van der Waals surface area contributed by atoms with Crippen LogP contribution in [0, 0.1) is 6.92 Å². The van der Waals surface area contributed by atoms with Gasteiger partial charge in [-0.05, 0) is 26.0 Å². The molecule has 0 saturated carbocycles. The van der Waals surface area contributed by atoms with Crippen LogP contribution >= 0.6 is 0 Å². The largest absolute Gasteiger partial charge is 0.491 e. The molecule has 0 aliphatic heterocycles. The van der Waals surface area contributed by atoms with E-state index in [1.807, 2.05) is 19.9 Å². The van der Waals surface area contributed by atoms with Crippen LogP contribution < -0.4 is 15.8 Å². The van der Waals surface area contributed by atoms with E-state index in [4.69, 9.17) is 10.5 Å². The van der Waals surface area contributed by atoms with Crippen molar-refractivity contribution in [1.29, 1.82) is 0 Å². The van der Waals surface area contributed by atoms with Gasteiger partial charge in [0.15, 0.2) is 0 Å². The summed E-state index contributed by atoms with van der Waals surface area (Å²) in [6.45, 7) is 4.18. The van der Waals surface area contributed by atoms with Crippen LogP contribution in [0.5, 0.6) is 5.75 Å². The molecule has 8 heteroatoms. The number of hydrogen-bond acceptors (Lipinski definition) is 6. The maximum Gasteiger partial charge on any atom is 0.259 e. The van der Waals surface area contributed by atoms with Crippen LogP contribution in [0.25, 0.3) is 5.52 Å². The molecule has 0 spiro atoms. The van der Waals surface area contributed by atoms with E-state index >= 15 is 0 Å². The van der Waals surface area contributed by atoms with E-state index in [9.17, 15) is 4.79 Å². The highest BCUT2D eigenvalue weighted by Gasteiger charge is 2.16. The van der Waals surface area contributed by atoms with Gasteiger partial charge in [-0.3, -0.25) is 4.79 Å². The minimum Gasteiger partial charge on any atom is -0.491 e. The van der Waals surface area contributed by atoms with Crippen LogP contribution in [-0.2, 0) is 0 Å². The van der Waals surface area contributed by atoms with Gasteiger partial charge in [-0.2, -0.15) is 5.10 Å². The molecule has 3 aromatic rings. The Morgan fingerprint density at radius 3 is 2.78 bits per heavy atom. The Balaban J connectivity index is 1.97. The van der Waals surface area contributed by atoms with Crippen LogP contribution in [0.2, 0.25) is 0 Å². The number of amides is 1. The number of aromatic nitrogens is 4. The number of anilines is 2. The molecule has 0 saturated heterocycles. The highest BCUT2D eigenvalue weighted by molar-refractivity contribution is 6.06. The number of carbonyl (C=O) groups excluding carboxylic acids is 1. The van der Waals surface area contributed by atoms with Crippen molar-refractivity contribution < 1.29 is 9.53 Å². The average Bonchev–Trinajstić information content (AvgIpc) is 2.88. The second kappa shape index (κ2) is 5.91. The van der Waals surface area contributed by atoms with Crippen LogP contribution in [0.15, 0.2) is 30.7 Å². The van der Waals surface area contributed by atoms with Gasteiger partial charge in [0.25, 0.3) is 5.91 Å². The number of fused-ring (bicyclic) bond motifs is 1. The van der Waals surface area contributed by atoms with Crippen molar-refractivity contribution in [1.82, 2.24) is 19.6 Å². The zero-order valence-corrected chi connectivity index (χ0v) is 12.8. The van der Waals surface area contributed by atoms with Crippen molar-refractivity contribution >= 4 is 23.1 Å². The van der Waals surface area contributed by atoms with Crippen molar-refractivity contribution in [2.24, 2.45) is 0 Å². The van der Waals surface area contributed by atoms with Crippen LogP contribution in [0.3, 0.4) is 0 Å². The van der Waals surface area contributed by atoms with Crippen molar-refractivity contribution in [3.8, 4) is 5.75 Å². The zero-order chi connectivity index (χ0) is 16.4. The van der Waals surface area contributed by atoms with Gasteiger partial charge in [-0.25, -0.2) is 14.5 Å². The molecule has 3 aromatic heterocycles. The first kappa shape index (κ1) is 14.8. The molecule has 23 heavy (non-hydrogen) atoms. The van der Waals surface area contributed by atoms with Gasteiger partial charge in [0.2, 0.25) is 5.95 Å². The zero-order valence-electron chi connectivity index (χ0n) is 12.8. The number of carbonyl (C=O) groups is 1. The molecule has 8 nitrogen and oxygen atoms in total. The average molecular weight is 312 g/mol. The molecule has 0 aliphatic carbocycles. The predicted octanol–water partition coefficient (Wildman–Crippen LogP) is 1.67. The highest BCUT2D eigenvalue weighted by atomic mass is 16.5. The van der Waals surface area contributed by atoms with E-state index in [0.717, 1.165) is 11.2 Å². The van der Waals surface area contributed by atoms with E-state index in [1.165, 1.54) is 12.4 Å². The number of hydrogen-bond donors (Lipinski definition) is 2. The molecule has 0 bridgehead atoms. The molecule has 0 radical (unpaired) electrons. The Morgan fingerprint density at radius 2 is 2.09 bits per heavy atom. The van der Waals surface area contributed by atoms with Gasteiger partial charge in [-0.1, -0.05) is 0 Å². The molecule has 0 unspecified atom stereocenters. The molecule has 1 amide bonds. The van der Waals surface area contributed by atoms with Crippen molar-refractivity contribution in [3.05, 3.63) is 42.0 Å². The minimum absolute atomic E-state index is 0.147. The van der Waals surface area contributed by atoms with Gasteiger partial charge in [0, 0.05) is 0 Å². The molecule has 0 atom stereocenters. The summed E-state index contributed by atoms with van der Waals surface area (Å²) in [5.41, 5.74) is 7.97. The third kappa shape index (κ3) is 3.05. The predicted molar refractivity (Wildman–Crippen MR) is 85.5 cm³/mol. The Bertz CT molecular complexity index is 856. The Kier molecular flexibility index (Phi) is 3.80. The topological polar surface area (TPSA) is 107 Å². The molecule has 118 valence electrons. The molecule has 0 aliphatic rings. The normalized spacial score (nSPS) is 10.7. The Labute approximate surface area is 132 Å².